The zero-order valence-corrected chi connectivity index (χ0v) is 18.3. The molecule has 2 heterocycles. The van der Waals surface area contributed by atoms with Gasteiger partial charge in [-0.2, -0.15) is 0 Å². The van der Waals surface area contributed by atoms with Gasteiger partial charge in [-0.1, -0.05) is 59.3 Å². The number of halogens is 2. The number of benzene rings is 2. The average Bonchev–Trinajstić information content (AvgIpc) is 3.05. The molecule has 4 rings (SSSR count). The van der Waals surface area contributed by atoms with E-state index in [-0.39, 0.29) is 27.3 Å². The molecule has 0 unspecified atom stereocenters. The van der Waals surface area contributed by atoms with Crippen molar-refractivity contribution in [2.45, 2.75) is 19.9 Å². The fourth-order valence-corrected chi connectivity index (χ4v) is 4.77. The lowest BCUT2D eigenvalue weighted by atomic mass is 9.96. The molecule has 0 N–H and O–H groups in total. The molecule has 0 fully saturated rings. The highest BCUT2D eigenvalue weighted by atomic mass is 35.5. The van der Waals surface area contributed by atoms with Crippen LogP contribution in [0.3, 0.4) is 0 Å². The van der Waals surface area contributed by atoms with Gasteiger partial charge in [0.05, 0.1) is 33.5 Å². The quantitative estimate of drug-likeness (QED) is 0.564. The Labute approximate surface area is 186 Å². The van der Waals surface area contributed by atoms with E-state index in [1.165, 1.54) is 22.8 Å². The number of fused-ring (bicyclic) bond motifs is 1. The van der Waals surface area contributed by atoms with Crippen molar-refractivity contribution >= 4 is 35.0 Å². The molecule has 1 atom stereocenters. The van der Waals surface area contributed by atoms with Crippen molar-refractivity contribution < 1.29 is 13.9 Å². The van der Waals surface area contributed by atoms with E-state index in [4.69, 9.17) is 16.3 Å². The van der Waals surface area contributed by atoms with Gasteiger partial charge in [0.15, 0.2) is 4.80 Å². The molecule has 3 aromatic rings. The molecular weight excluding hydrogens is 439 g/mol. The van der Waals surface area contributed by atoms with Crippen LogP contribution in [-0.2, 0) is 9.53 Å². The minimum atomic E-state index is -0.699. The van der Waals surface area contributed by atoms with E-state index in [9.17, 15) is 14.0 Å². The Kier molecular flexibility index (Phi) is 5.89. The maximum Gasteiger partial charge on any atom is 0.338 e. The number of nitrogens with zero attached hydrogens (tertiary/aromatic N) is 2. The van der Waals surface area contributed by atoms with E-state index in [2.05, 4.69) is 4.99 Å². The van der Waals surface area contributed by atoms with E-state index in [1.54, 1.807) is 19.9 Å². The summed E-state index contributed by atoms with van der Waals surface area (Å²) in [6, 6.07) is 12.9. The molecule has 0 aliphatic carbocycles. The number of carbonyl (C=O) groups is 1. The largest absolute Gasteiger partial charge is 0.463 e. The van der Waals surface area contributed by atoms with Crippen LogP contribution < -0.4 is 14.9 Å². The van der Waals surface area contributed by atoms with E-state index < -0.39 is 17.8 Å². The average molecular weight is 457 g/mol. The van der Waals surface area contributed by atoms with Crippen molar-refractivity contribution in [3.63, 3.8) is 0 Å². The van der Waals surface area contributed by atoms with Gasteiger partial charge >= 0.3 is 5.97 Å². The number of esters is 1. The lowest BCUT2D eigenvalue weighted by Gasteiger charge is -2.24. The first-order valence-corrected chi connectivity index (χ1v) is 10.8. The number of thiazole rings is 1. The summed E-state index contributed by atoms with van der Waals surface area (Å²) in [7, 11) is 0. The summed E-state index contributed by atoms with van der Waals surface area (Å²) < 4.78 is 21.3. The normalized spacial score (nSPS) is 16.1. The standard InChI is InChI=1S/C23H18ClFN2O3S/c1-3-30-22(29)19-13(2)26-23-27(20(19)14-8-5-4-6-9-14)21(28)18(31-23)12-15-16(24)10-7-11-17(15)25/h4-12,20H,3H2,1-2H3/t20-/m1/s1. The summed E-state index contributed by atoms with van der Waals surface area (Å²) in [5.41, 5.74) is 1.27. The molecule has 0 bridgehead atoms. The Morgan fingerprint density at radius 3 is 2.68 bits per heavy atom. The molecule has 0 spiro atoms. The smallest absolute Gasteiger partial charge is 0.338 e. The molecular formula is C23H18ClFN2O3S. The SMILES string of the molecule is CCOC(=O)C1=C(C)N=c2sc(=Cc3c(F)cccc3Cl)c(=O)n2[C@@H]1c1ccccc1. The van der Waals surface area contributed by atoms with Crippen molar-refractivity contribution in [1.82, 2.24) is 4.57 Å². The number of allylic oxidation sites excluding steroid dienone is 1. The number of hydrogen-bond donors (Lipinski definition) is 0. The van der Waals surface area contributed by atoms with Crippen LogP contribution in [0.4, 0.5) is 4.39 Å². The maximum absolute atomic E-state index is 14.3. The lowest BCUT2D eigenvalue weighted by molar-refractivity contribution is -0.139. The molecule has 0 radical (unpaired) electrons. The zero-order valence-electron chi connectivity index (χ0n) is 16.8. The van der Waals surface area contributed by atoms with Crippen molar-refractivity contribution in [2.24, 2.45) is 4.99 Å². The zero-order chi connectivity index (χ0) is 22.1. The second-order valence-electron chi connectivity index (χ2n) is 6.85. The number of rotatable bonds is 4. The van der Waals surface area contributed by atoms with Crippen molar-refractivity contribution in [2.75, 3.05) is 6.61 Å². The van der Waals surface area contributed by atoms with Crippen LogP contribution in [0, 0.1) is 5.82 Å². The van der Waals surface area contributed by atoms with E-state index in [0.29, 0.717) is 16.1 Å². The molecule has 1 aliphatic heterocycles. The van der Waals surface area contributed by atoms with Crippen molar-refractivity contribution in [3.05, 3.63) is 101 Å². The highest BCUT2D eigenvalue weighted by Gasteiger charge is 2.33. The van der Waals surface area contributed by atoms with Gasteiger partial charge in [-0.25, -0.2) is 14.2 Å². The van der Waals surface area contributed by atoms with Gasteiger partial charge in [-0.15, -0.1) is 0 Å². The second kappa shape index (κ2) is 8.61. The maximum atomic E-state index is 14.3. The monoisotopic (exact) mass is 456 g/mol. The van der Waals surface area contributed by atoms with Crippen molar-refractivity contribution in [3.8, 4) is 0 Å². The first kappa shape index (κ1) is 21.2. The minimum absolute atomic E-state index is 0.132. The van der Waals surface area contributed by atoms with E-state index in [1.807, 2.05) is 30.3 Å². The number of ether oxygens (including phenoxy) is 1. The number of carbonyl (C=O) groups excluding carboxylic acids is 1. The van der Waals surface area contributed by atoms with Crippen LogP contribution in [0.5, 0.6) is 0 Å². The van der Waals surface area contributed by atoms with Crippen molar-refractivity contribution in [1.29, 1.82) is 0 Å². The van der Waals surface area contributed by atoms with Crippen LogP contribution >= 0.6 is 22.9 Å². The van der Waals surface area contributed by atoms with Gasteiger partial charge in [0.1, 0.15) is 5.82 Å². The first-order chi connectivity index (χ1) is 14.9. The fourth-order valence-electron chi connectivity index (χ4n) is 3.52. The highest BCUT2D eigenvalue weighted by molar-refractivity contribution is 7.07. The Hall–Kier alpha value is -3.03. The highest BCUT2D eigenvalue weighted by Crippen LogP contribution is 2.30. The van der Waals surface area contributed by atoms with Crippen LogP contribution in [0.15, 0.2) is 69.6 Å². The predicted molar refractivity (Wildman–Crippen MR) is 118 cm³/mol. The Morgan fingerprint density at radius 1 is 1.26 bits per heavy atom. The minimum Gasteiger partial charge on any atom is -0.463 e. The van der Waals surface area contributed by atoms with Gasteiger partial charge in [0.2, 0.25) is 0 Å². The summed E-state index contributed by atoms with van der Waals surface area (Å²) in [6.45, 7) is 3.64. The molecule has 2 aromatic carbocycles. The molecule has 158 valence electrons. The summed E-state index contributed by atoms with van der Waals surface area (Å²) >= 11 is 7.26. The van der Waals surface area contributed by atoms with Gasteiger partial charge < -0.3 is 4.74 Å². The van der Waals surface area contributed by atoms with Gasteiger partial charge in [-0.3, -0.25) is 9.36 Å². The fraction of sp³-hybridized carbons (Fsp3) is 0.174. The molecule has 1 aliphatic rings. The third kappa shape index (κ3) is 3.86. The summed E-state index contributed by atoms with van der Waals surface area (Å²) in [4.78, 5) is 31.1. The van der Waals surface area contributed by atoms with Gasteiger partial charge in [0.25, 0.3) is 5.56 Å². The lowest BCUT2D eigenvalue weighted by Crippen LogP contribution is -2.39. The number of hydrogen-bond acceptors (Lipinski definition) is 5. The second-order valence-corrected chi connectivity index (χ2v) is 8.26. The van der Waals surface area contributed by atoms with Crippen LogP contribution in [-0.4, -0.2) is 17.1 Å². The predicted octanol–water partition coefficient (Wildman–Crippen LogP) is 3.59. The molecule has 1 aromatic heterocycles. The first-order valence-electron chi connectivity index (χ1n) is 9.61. The molecule has 0 saturated heterocycles. The van der Waals surface area contributed by atoms with Crippen LogP contribution in [0.2, 0.25) is 5.02 Å². The Morgan fingerprint density at radius 2 is 2.00 bits per heavy atom. The van der Waals surface area contributed by atoms with Gasteiger partial charge in [-0.05, 0) is 37.6 Å². The molecule has 8 heteroatoms. The van der Waals surface area contributed by atoms with Gasteiger partial charge in [0, 0.05) is 5.56 Å². The molecule has 0 saturated carbocycles. The van der Waals surface area contributed by atoms with E-state index in [0.717, 1.165) is 16.9 Å². The summed E-state index contributed by atoms with van der Waals surface area (Å²) in [5, 5.41) is 0.203. The summed E-state index contributed by atoms with van der Waals surface area (Å²) in [6.07, 6.45) is 1.42. The molecule has 5 nitrogen and oxygen atoms in total. The summed E-state index contributed by atoms with van der Waals surface area (Å²) in [5.74, 6) is -1.05. The van der Waals surface area contributed by atoms with Crippen LogP contribution in [0.1, 0.15) is 31.0 Å². The third-order valence-electron chi connectivity index (χ3n) is 4.91. The molecule has 0 amide bonds. The third-order valence-corrected chi connectivity index (χ3v) is 6.22. The molecule has 31 heavy (non-hydrogen) atoms. The Balaban J connectivity index is 1.99. The number of aromatic nitrogens is 1. The van der Waals surface area contributed by atoms with Crippen LogP contribution in [0.25, 0.3) is 6.08 Å². The topological polar surface area (TPSA) is 60.7 Å². The van der Waals surface area contributed by atoms with E-state index >= 15 is 0 Å². The Bertz CT molecular complexity index is 1360.